The molecule has 1 amide bonds. The van der Waals surface area contributed by atoms with Crippen molar-refractivity contribution in [2.45, 2.75) is 56.5 Å². The van der Waals surface area contributed by atoms with Gasteiger partial charge in [0, 0.05) is 16.2 Å². The largest absolute Gasteiger partial charge is 0.467 e. The van der Waals surface area contributed by atoms with Crippen molar-refractivity contribution >= 4 is 39.2 Å². The van der Waals surface area contributed by atoms with Crippen molar-refractivity contribution in [2.75, 3.05) is 5.75 Å². The molecule has 1 N–H and O–H groups in total. The van der Waals surface area contributed by atoms with Crippen LogP contribution in [0.4, 0.5) is 0 Å². The number of amides is 1. The molecule has 0 bridgehead atoms. The minimum Gasteiger partial charge on any atom is -0.467 e. The van der Waals surface area contributed by atoms with E-state index in [0.717, 1.165) is 40.2 Å². The zero-order chi connectivity index (χ0) is 19.1. The van der Waals surface area contributed by atoms with Gasteiger partial charge in [0.05, 0.1) is 18.6 Å². The van der Waals surface area contributed by atoms with Crippen LogP contribution in [0.25, 0.3) is 10.2 Å². The molecule has 0 saturated heterocycles. The number of nitrogens with zero attached hydrogens (tertiary/aromatic N) is 2. The first kappa shape index (κ1) is 18.2. The third-order valence-corrected chi connectivity index (χ3v) is 7.59. The number of aromatic nitrogens is 2. The molecule has 5 nitrogen and oxygen atoms in total. The zero-order valence-corrected chi connectivity index (χ0v) is 17.5. The first-order chi connectivity index (χ1) is 13.7. The van der Waals surface area contributed by atoms with Gasteiger partial charge in [0.1, 0.15) is 21.4 Å². The first-order valence-electron chi connectivity index (χ1n) is 9.91. The molecule has 0 radical (unpaired) electrons. The van der Waals surface area contributed by atoms with Crippen LogP contribution in [0, 0.1) is 5.92 Å². The molecule has 0 unspecified atom stereocenters. The van der Waals surface area contributed by atoms with Gasteiger partial charge in [-0.2, -0.15) is 0 Å². The average Bonchev–Trinajstić information content (AvgIpc) is 3.28. The Labute approximate surface area is 172 Å². The highest BCUT2D eigenvalue weighted by atomic mass is 32.2. The number of aryl methyl sites for hydroxylation is 1. The first-order valence-corrected chi connectivity index (χ1v) is 11.7. The summed E-state index contributed by atoms with van der Waals surface area (Å²) >= 11 is 3.39. The summed E-state index contributed by atoms with van der Waals surface area (Å²) in [6, 6.07) is 3.69. The highest BCUT2D eigenvalue weighted by molar-refractivity contribution is 8.00. The second kappa shape index (κ2) is 7.52. The van der Waals surface area contributed by atoms with E-state index in [1.165, 1.54) is 35.1 Å². The van der Waals surface area contributed by atoms with E-state index in [9.17, 15) is 4.79 Å². The Hall–Kier alpha value is -1.86. The van der Waals surface area contributed by atoms with Crippen LogP contribution >= 0.6 is 23.1 Å². The lowest BCUT2D eigenvalue weighted by Crippen LogP contribution is -2.24. The fourth-order valence-corrected chi connectivity index (χ4v) is 6.08. The van der Waals surface area contributed by atoms with E-state index in [1.54, 1.807) is 18.0 Å². The van der Waals surface area contributed by atoms with E-state index in [0.29, 0.717) is 18.2 Å². The van der Waals surface area contributed by atoms with E-state index < -0.39 is 0 Å². The lowest BCUT2D eigenvalue weighted by molar-refractivity contribution is -0.118. The van der Waals surface area contributed by atoms with Crippen molar-refractivity contribution in [1.82, 2.24) is 15.3 Å². The van der Waals surface area contributed by atoms with Crippen molar-refractivity contribution in [1.29, 1.82) is 0 Å². The summed E-state index contributed by atoms with van der Waals surface area (Å²) in [5.74, 6) is 3.34. The SMILES string of the molecule is C[C@@H]1CCc2c(sc3nc(C4CC4)nc(SCC(=O)NCc4ccco4)c23)C1. The van der Waals surface area contributed by atoms with Crippen LogP contribution < -0.4 is 5.32 Å². The van der Waals surface area contributed by atoms with E-state index in [4.69, 9.17) is 14.4 Å². The molecule has 0 aliphatic heterocycles. The molecule has 146 valence electrons. The predicted molar refractivity (Wildman–Crippen MR) is 112 cm³/mol. The summed E-state index contributed by atoms with van der Waals surface area (Å²) in [4.78, 5) is 24.7. The highest BCUT2D eigenvalue weighted by Crippen LogP contribution is 2.44. The fourth-order valence-electron chi connectivity index (χ4n) is 3.74. The van der Waals surface area contributed by atoms with Gasteiger partial charge < -0.3 is 9.73 Å². The quantitative estimate of drug-likeness (QED) is 0.469. The van der Waals surface area contributed by atoms with Crippen LogP contribution in [0.2, 0.25) is 0 Å². The third kappa shape index (κ3) is 3.70. The third-order valence-electron chi connectivity index (χ3n) is 5.46. The standard InChI is InChI=1S/C21H23N3O2S2/c1-12-4-7-15-16(9-12)28-21-18(15)20(23-19(24-21)13-5-6-13)27-11-17(25)22-10-14-3-2-8-26-14/h2-3,8,12-13H,4-7,9-11H2,1H3,(H,22,25)/t12-/m1/s1. The average molecular weight is 414 g/mol. The number of furan rings is 1. The zero-order valence-electron chi connectivity index (χ0n) is 15.9. The Balaban J connectivity index is 1.38. The van der Waals surface area contributed by atoms with Crippen molar-refractivity contribution in [3.63, 3.8) is 0 Å². The fraction of sp³-hybridized carbons (Fsp3) is 0.476. The summed E-state index contributed by atoms with van der Waals surface area (Å²) in [5, 5.41) is 5.12. The number of thiophene rings is 1. The van der Waals surface area contributed by atoms with E-state index in [2.05, 4.69) is 12.2 Å². The van der Waals surface area contributed by atoms with Crippen LogP contribution in [-0.2, 0) is 24.2 Å². The van der Waals surface area contributed by atoms with E-state index in [-0.39, 0.29) is 5.91 Å². The molecule has 0 spiro atoms. The molecular formula is C21H23N3O2S2. The molecule has 1 atom stereocenters. The Bertz CT molecular complexity index is 1010. The second-order valence-electron chi connectivity index (χ2n) is 7.84. The molecular weight excluding hydrogens is 390 g/mol. The Morgan fingerprint density at radius 3 is 3.04 bits per heavy atom. The Morgan fingerprint density at radius 2 is 2.25 bits per heavy atom. The van der Waals surface area contributed by atoms with E-state index in [1.807, 2.05) is 23.5 Å². The van der Waals surface area contributed by atoms with Gasteiger partial charge in [0.25, 0.3) is 0 Å². The Morgan fingerprint density at radius 1 is 1.36 bits per heavy atom. The number of hydrogen-bond donors (Lipinski definition) is 1. The normalized spacial score (nSPS) is 19.0. The molecule has 2 aliphatic carbocycles. The summed E-state index contributed by atoms with van der Waals surface area (Å²) in [5.41, 5.74) is 1.43. The smallest absolute Gasteiger partial charge is 0.230 e. The molecule has 1 fully saturated rings. The number of carbonyl (C=O) groups excluding carboxylic acids is 1. The van der Waals surface area contributed by atoms with Crippen molar-refractivity contribution < 1.29 is 9.21 Å². The van der Waals surface area contributed by atoms with Gasteiger partial charge >= 0.3 is 0 Å². The highest BCUT2D eigenvalue weighted by Gasteiger charge is 2.30. The molecule has 3 aromatic heterocycles. The van der Waals surface area contributed by atoms with Crippen LogP contribution in [0.3, 0.4) is 0 Å². The summed E-state index contributed by atoms with van der Waals surface area (Å²) in [6.07, 6.45) is 7.44. The maximum absolute atomic E-state index is 12.3. The number of thioether (sulfide) groups is 1. The Kier molecular flexibility index (Phi) is 4.88. The minimum absolute atomic E-state index is 0.00106. The molecule has 0 aromatic carbocycles. The molecule has 1 saturated carbocycles. The summed E-state index contributed by atoms with van der Waals surface area (Å²) in [7, 11) is 0. The molecule has 5 rings (SSSR count). The van der Waals surface area contributed by atoms with Crippen LogP contribution in [0.1, 0.15) is 54.1 Å². The van der Waals surface area contributed by atoms with Gasteiger partial charge in [-0.3, -0.25) is 4.79 Å². The number of rotatable bonds is 6. The van der Waals surface area contributed by atoms with Crippen molar-refractivity contribution in [3.05, 3.63) is 40.4 Å². The van der Waals surface area contributed by atoms with Crippen molar-refractivity contribution in [2.24, 2.45) is 5.92 Å². The molecule has 28 heavy (non-hydrogen) atoms. The molecule has 3 heterocycles. The molecule has 2 aliphatic rings. The lowest BCUT2D eigenvalue weighted by Gasteiger charge is -2.18. The van der Waals surface area contributed by atoms with Crippen LogP contribution in [-0.4, -0.2) is 21.6 Å². The van der Waals surface area contributed by atoms with Gasteiger partial charge in [-0.25, -0.2) is 9.97 Å². The number of nitrogens with one attached hydrogen (secondary N) is 1. The van der Waals surface area contributed by atoms with Crippen molar-refractivity contribution in [3.8, 4) is 0 Å². The van der Waals surface area contributed by atoms with Crippen LogP contribution in [0.5, 0.6) is 0 Å². The molecule has 7 heteroatoms. The second-order valence-corrected chi connectivity index (χ2v) is 9.89. The predicted octanol–water partition coefficient (Wildman–Crippen LogP) is 4.70. The van der Waals surface area contributed by atoms with Crippen LogP contribution in [0.15, 0.2) is 27.8 Å². The maximum atomic E-state index is 12.3. The number of carbonyl (C=O) groups is 1. The van der Waals surface area contributed by atoms with Gasteiger partial charge in [-0.15, -0.1) is 11.3 Å². The number of fused-ring (bicyclic) bond motifs is 3. The van der Waals surface area contributed by atoms with Gasteiger partial charge in [0.2, 0.25) is 5.91 Å². The topological polar surface area (TPSA) is 68.0 Å². The van der Waals surface area contributed by atoms with Gasteiger partial charge in [0.15, 0.2) is 0 Å². The summed E-state index contributed by atoms with van der Waals surface area (Å²) in [6.45, 7) is 2.75. The monoisotopic (exact) mass is 413 g/mol. The number of hydrogen-bond acceptors (Lipinski definition) is 6. The van der Waals surface area contributed by atoms with E-state index >= 15 is 0 Å². The van der Waals surface area contributed by atoms with Gasteiger partial charge in [-0.05, 0) is 55.7 Å². The van der Waals surface area contributed by atoms with Gasteiger partial charge in [-0.1, -0.05) is 18.7 Å². The lowest BCUT2D eigenvalue weighted by atomic mass is 9.89. The summed E-state index contributed by atoms with van der Waals surface area (Å²) < 4.78 is 5.27. The maximum Gasteiger partial charge on any atom is 0.230 e. The molecule has 3 aromatic rings. The minimum atomic E-state index is -0.00106.